The summed E-state index contributed by atoms with van der Waals surface area (Å²) in [6.07, 6.45) is 8.61. The Balaban J connectivity index is 2.73. The largest absolute Gasteiger partial charge is 0.0764 e. The van der Waals surface area contributed by atoms with Gasteiger partial charge in [0.2, 0.25) is 0 Å². The number of allylic oxidation sites excluding steroid dienone is 5. The van der Waals surface area contributed by atoms with Crippen LogP contribution in [0.25, 0.3) is 6.08 Å². The topological polar surface area (TPSA) is 0 Å². The standard InChI is InChI=1S/C18H24/c1-14(2)6-7-16(5)8-9-17-10-12-18(13-11-17)15(3)4/h6-13,15H,1-5H3/b9-8+,16-7+. The number of rotatable bonds is 4. The van der Waals surface area contributed by atoms with Gasteiger partial charge in [0.15, 0.2) is 0 Å². The van der Waals surface area contributed by atoms with E-state index in [-0.39, 0.29) is 0 Å². The molecule has 0 aliphatic carbocycles. The minimum absolute atomic E-state index is 0.599. The van der Waals surface area contributed by atoms with Crippen LogP contribution in [0.3, 0.4) is 0 Å². The Hall–Kier alpha value is -1.56. The lowest BCUT2D eigenvalue weighted by atomic mass is 10.0. The second kappa shape index (κ2) is 7.00. The molecule has 96 valence electrons. The molecule has 0 aromatic heterocycles. The van der Waals surface area contributed by atoms with Crippen LogP contribution in [0, 0.1) is 0 Å². The van der Waals surface area contributed by atoms with Crippen LogP contribution in [0.4, 0.5) is 0 Å². The van der Waals surface area contributed by atoms with E-state index in [2.05, 4.69) is 83.2 Å². The quantitative estimate of drug-likeness (QED) is 0.589. The maximum absolute atomic E-state index is 2.22. The predicted molar refractivity (Wildman–Crippen MR) is 82.8 cm³/mol. The average Bonchev–Trinajstić information content (AvgIpc) is 2.34. The van der Waals surface area contributed by atoms with Gasteiger partial charge in [0.1, 0.15) is 0 Å². The SMILES string of the molecule is CC(C)=C/C=C(C)/C=C/c1ccc(C(C)C)cc1. The number of hydrogen-bond donors (Lipinski definition) is 0. The molecular formula is C18H24. The average molecular weight is 240 g/mol. The van der Waals surface area contributed by atoms with Crippen molar-refractivity contribution in [2.75, 3.05) is 0 Å². The third-order valence-corrected chi connectivity index (χ3v) is 2.82. The van der Waals surface area contributed by atoms with Crippen LogP contribution in [0.5, 0.6) is 0 Å². The van der Waals surface area contributed by atoms with Crippen LogP contribution >= 0.6 is 0 Å². The molecule has 0 heteroatoms. The lowest BCUT2D eigenvalue weighted by molar-refractivity contribution is 0.866. The highest BCUT2D eigenvalue weighted by Gasteiger charge is 1.96. The summed E-state index contributed by atoms with van der Waals surface area (Å²) >= 11 is 0. The molecule has 0 radical (unpaired) electrons. The van der Waals surface area contributed by atoms with Gasteiger partial charge < -0.3 is 0 Å². The molecule has 0 amide bonds. The molecule has 0 unspecified atom stereocenters. The second-order valence-corrected chi connectivity index (χ2v) is 5.31. The summed E-state index contributed by atoms with van der Waals surface area (Å²) in [4.78, 5) is 0. The third-order valence-electron chi connectivity index (χ3n) is 2.82. The van der Waals surface area contributed by atoms with Crippen LogP contribution in [0.1, 0.15) is 51.7 Å². The highest BCUT2D eigenvalue weighted by molar-refractivity contribution is 5.53. The van der Waals surface area contributed by atoms with Crippen molar-refractivity contribution in [2.24, 2.45) is 0 Å². The Kier molecular flexibility index (Phi) is 5.64. The molecule has 1 aromatic rings. The Bertz CT molecular complexity index is 449. The minimum atomic E-state index is 0.599. The smallest absolute Gasteiger partial charge is 0.0219 e. The van der Waals surface area contributed by atoms with Gasteiger partial charge >= 0.3 is 0 Å². The highest BCUT2D eigenvalue weighted by atomic mass is 14.0. The van der Waals surface area contributed by atoms with E-state index in [9.17, 15) is 0 Å². The van der Waals surface area contributed by atoms with E-state index in [1.54, 1.807) is 0 Å². The molecule has 1 aromatic carbocycles. The summed E-state index contributed by atoms with van der Waals surface area (Å²) < 4.78 is 0. The molecule has 0 bridgehead atoms. The molecule has 0 heterocycles. The molecule has 0 nitrogen and oxygen atoms in total. The van der Waals surface area contributed by atoms with Crippen molar-refractivity contribution < 1.29 is 0 Å². The van der Waals surface area contributed by atoms with Crippen LogP contribution in [-0.4, -0.2) is 0 Å². The van der Waals surface area contributed by atoms with E-state index in [4.69, 9.17) is 0 Å². The summed E-state index contributed by atoms with van der Waals surface area (Å²) in [5.41, 5.74) is 5.24. The van der Waals surface area contributed by atoms with Gasteiger partial charge in [0.05, 0.1) is 0 Å². The van der Waals surface area contributed by atoms with Crippen molar-refractivity contribution in [3.63, 3.8) is 0 Å². The minimum Gasteiger partial charge on any atom is -0.0764 e. The second-order valence-electron chi connectivity index (χ2n) is 5.31. The van der Waals surface area contributed by atoms with Crippen molar-refractivity contribution in [1.29, 1.82) is 0 Å². The Morgan fingerprint density at radius 1 is 0.944 bits per heavy atom. The van der Waals surface area contributed by atoms with Crippen molar-refractivity contribution >= 4 is 6.08 Å². The lowest BCUT2D eigenvalue weighted by Gasteiger charge is -2.04. The molecule has 0 aliphatic rings. The molecule has 1 rings (SSSR count). The Morgan fingerprint density at radius 3 is 2.06 bits per heavy atom. The van der Waals surface area contributed by atoms with Crippen molar-refractivity contribution in [3.05, 3.63) is 64.8 Å². The molecule has 0 fully saturated rings. The van der Waals surface area contributed by atoms with E-state index >= 15 is 0 Å². The molecule has 0 saturated carbocycles. The zero-order valence-electron chi connectivity index (χ0n) is 12.2. The maximum Gasteiger partial charge on any atom is -0.0219 e. The van der Waals surface area contributed by atoms with E-state index < -0.39 is 0 Å². The van der Waals surface area contributed by atoms with E-state index in [0.717, 1.165) is 0 Å². The summed E-state index contributed by atoms with van der Waals surface area (Å²) in [6.45, 7) is 10.8. The van der Waals surface area contributed by atoms with Crippen molar-refractivity contribution in [3.8, 4) is 0 Å². The van der Waals surface area contributed by atoms with E-state index in [1.165, 1.54) is 22.3 Å². The highest BCUT2D eigenvalue weighted by Crippen LogP contribution is 2.15. The van der Waals surface area contributed by atoms with Gasteiger partial charge in [-0.15, -0.1) is 0 Å². The molecule has 18 heavy (non-hydrogen) atoms. The van der Waals surface area contributed by atoms with E-state index in [0.29, 0.717) is 5.92 Å². The van der Waals surface area contributed by atoms with Crippen LogP contribution in [-0.2, 0) is 0 Å². The Labute approximate surface area is 112 Å². The normalized spacial score (nSPS) is 12.2. The molecule has 0 N–H and O–H groups in total. The summed E-state index contributed by atoms with van der Waals surface area (Å²) in [7, 11) is 0. The molecule has 0 aliphatic heterocycles. The van der Waals surface area contributed by atoms with Crippen molar-refractivity contribution in [1.82, 2.24) is 0 Å². The van der Waals surface area contributed by atoms with Crippen LogP contribution < -0.4 is 0 Å². The van der Waals surface area contributed by atoms with Crippen LogP contribution in [0.2, 0.25) is 0 Å². The molecular weight excluding hydrogens is 216 g/mol. The van der Waals surface area contributed by atoms with Gasteiger partial charge in [-0.1, -0.05) is 73.6 Å². The fourth-order valence-electron chi connectivity index (χ4n) is 1.57. The zero-order valence-corrected chi connectivity index (χ0v) is 12.2. The lowest BCUT2D eigenvalue weighted by Crippen LogP contribution is -1.85. The third kappa shape index (κ3) is 5.18. The Morgan fingerprint density at radius 2 is 1.56 bits per heavy atom. The zero-order chi connectivity index (χ0) is 13.5. The number of benzene rings is 1. The van der Waals surface area contributed by atoms with Crippen LogP contribution in [0.15, 0.2) is 53.6 Å². The van der Waals surface area contributed by atoms with Gasteiger partial charge in [0, 0.05) is 0 Å². The fourth-order valence-corrected chi connectivity index (χ4v) is 1.57. The predicted octanol–water partition coefficient (Wildman–Crippen LogP) is 5.74. The van der Waals surface area contributed by atoms with Crippen molar-refractivity contribution in [2.45, 2.75) is 40.5 Å². The molecule has 0 saturated heterocycles. The fraction of sp³-hybridized carbons (Fsp3) is 0.333. The maximum atomic E-state index is 2.22. The number of hydrogen-bond acceptors (Lipinski definition) is 0. The monoisotopic (exact) mass is 240 g/mol. The van der Waals surface area contributed by atoms with Gasteiger partial charge in [-0.25, -0.2) is 0 Å². The first-order chi connectivity index (χ1) is 8.49. The van der Waals surface area contributed by atoms with Gasteiger partial charge in [0.25, 0.3) is 0 Å². The van der Waals surface area contributed by atoms with Gasteiger partial charge in [-0.3, -0.25) is 0 Å². The van der Waals surface area contributed by atoms with Gasteiger partial charge in [-0.05, 0) is 37.8 Å². The first-order valence-electron chi connectivity index (χ1n) is 6.59. The summed E-state index contributed by atoms with van der Waals surface area (Å²) in [5, 5.41) is 0. The first-order valence-corrected chi connectivity index (χ1v) is 6.59. The van der Waals surface area contributed by atoms with Gasteiger partial charge in [-0.2, -0.15) is 0 Å². The van der Waals surface area contributed by atoms with E-state index in [1.807, 2.05) is 0 Å². The first kappa shape index (κ1) is 14.5. The summed E-state index contributed by atoms with van der Waals surface area (Å²) in [5.74, 6) is 0.599. The summed E-state index contributed by atoms with van der Waals surface area (Å²) in [6, 6.07) is 8.78. The molecule has 0 atom stereocenters. The molecule has 0 spiro atoms.